The standard InChI is InChI=1S/2C12H28O3Si.C11H26O3Si.2C9H22O3Si.10CH4/c1-6-8-9-11-12(10-7-2)16(13-3,14-4)15-5;1-6-8-10-12(9-7-2)11-16(13-3,14-4)15-5;1-10(2,3)9-11(4,5)15(12-6,13-7)14-8;1-9(2,3)7-8-13(10-4,11-5)12-6;1-9(2)7-6-8-13(10-3,11-4)12-5;;;;;;;;;;/h2*12H,6-11H2,1-5H3;9H2,1-8H3;7-8H2,1-6H3;9H,6-8H2,1-5H3;10*1H4. The van der Waals surface area contributed by atoms with Gasteiger partial charge in [-0.3, -0.25) is 0 Å². The fraction of sp³-hybridized carbons (Fsp3) is 1.00. The summed E-state index contributed by atoms with van der Waals surface area (Å²) in [7, 11) is 13.2. The van der Waals surface area contributed by atoms with Gasteiger partial charge in [-0.25, -0.2) is 0 Å². The molecule has 2 atom stereocenters. The minimum atomic E-state index is -2.55. The molecule has 0 radical (unpaired) electrons. The fourth-order valence-corrected chi connectivity index (χ4v) is 20.9. The molecule has 0 saturated heterocycles. The summed E-state index contributed by atoms with van der Waals surface area (Å²) in [6, 6.07) is 2.74. The molecular formula is C63H166O15Si5. The summed E-state index contributed by atoms with van der Waals surface area (Å²) in [6.45, 7) is 30.9. The molecule has 0 spiro atoms. The van der Waals surface area contributed by atoms with Crippen molar-refractivity contribution in [3.63, 3.8) is 0 Å². The van der Waals surface area contributed by atoms with Gasteiger partial charge in [0.2, 0.25) is 0 Å². The van der Waals surface area contributed by atoms with Crippen molar-refractivity contribution >= 4 is 44.0 Å². The Labute approximate surface area is 533 Å². The zero-order valence-electron chi connectivity index (χ0n) is 53.6. The average Bonchev–Trinajstić information content (AvgIpc) is 3.35. The molecule has 0 aromatic carbocycles. The van der Waals surface area contributed by atoms with Gasteiger partial charge in [-0.2, -0.15) is 0 Å². The van der Waals surface area contributed by atoms with Crippen LogP contribution < -0.4 is 0 Å². The molecule has 528 valence electrons. The van der Waals surface area contributed by atoms with Crippen LogP contribution in [0.5, 0.6) is 0 Å². The van der Waals surface area contributed by atoms with Gasteiger partial charge in [0, 0.05) is 135 Å². The fourth-order valence-electron chi connectivity index (χ4n) is 9.22. The summed E-state index contributed by atoms with van der Waals surface area (Å²) >= 11 is 0. The summed E-state index contributed by atoms with van der Waals surface area (Å²) in [4.78, 5) is 0. The summed E-state index contributed by atoms with van der Waals surface area (Å²) in [5.74, 6) is 1.41. The number of rotatable bonds is 37. The van der Waals surface area contributed by atoms with Crippen LogP contribution in [0.1, 0.15) is 268 Å². The van der Waals surface area contributed by atoms with E-state index in [-0.39, 0.29) is 84.7 Å². The zero-order chi connectivity index (χ0) is 58.1. The highest BCUT2D eigenvalue weighted by Crippen LogP contribution is 2.47. The summed E-state index contributed by atoms with van der Waals surface area (Å²) in [5.41, 5.74) is 0.981. The second-order valence-corrected chi connectivity index (χ2v) is 38.3. The van der Waals surface area contributed by atoms with Crippen LogP contribution in [0.4, 0.5) is 0 Å². The lowest BCUT2D eigenvalue weighted by Gasteiger charge is -2.41. The van der Waals surface area contributed by atoms with Crippen LogP contribution in [-0.2, 0) is 66.4 Å². The molecule has 0 aliphatic carbocycles. The van der Waals surface area contributed by atoms with E-state index >= 15 is 0 Å². The maximum absolute atomic E-state index is 5.58. The monoisotopic (exact) mass is 1300 g/mol. The quantitative estimate of drug-likeness (QED) is 0.0430. The van der Waals surface area contributed by atoms with E-state index in [0.717, 1.165) is 62.6 Å². The first-order valence-corrected chi connectivity index (χ1v) is 36.6. The van der Waals surface area contributed by atoms with E-state index in [1.54, 1.807) is 107 Å². The van der Waals surface area contributed by atoms with Crippen molar-refractivity contribution in [3.8, 4) is 0 Å². The Morgan fingerprint density at radius 1 is 0.325 bits per heavy atom. The third-order valence-electron chi connectivity index (χ3n) is 13.2. The van der Waals surface area contributed by atoms with Crippen LogP contribution in [0.25, 0.3) is 0 Å². The smallest absolute Gasteiger partial charge is 0.377 e. The first-order chi connectivity index (χ1) is 34.0. The SMILES string of the molecule is C.C.C.C.C.C.C.C.C.C.CCCCC(CCC)C[Si](OC)(OC)OC.CCCCCC(CCC)[Si](OC)(OC)OC.CO[Si](CCC(C)(C)C)(OC)OC.CO[Si](CCCC(C)C)(OC)OC.CO[Si](OC)(OC)C(C)(C)CC(C)(C)C. The van der Waals surface area contributed by atoms with Crippen LogP contribution in [0, 0.1) is 22.7 Å². The van der Waals surface area contributed by atoms with Crippen LogP contribution in [0.2, 0.25) is 28.7 Å². The van der Waals surface area contributed by atoms with E-state index in [1.165, 1.54) is 57.8 Å². The maximum atomic E-state index is 5.58. The highest BCUT2D eigenvalue weighted by molar-refractivity contribution is 6.64. The molecule has 0 aromatic rings. The highest BCUT2D eigenvalue weighted by atomic mass is 28.4. The molecule has 0 N–H and O–H groups in total. The van der Waals surface area contributed by atoms with Gasteiger partial charge in [0.05, 0.1) is 0 Å². The van der Waals surface area contributed by atoms with E-state index in [9.17, 15) is 0 Å². The molecule has 0 aliphatic rings. The van der Waals surface area contributed by atoms with E-state index in [2.05, 4.69) is 96.9 Å². The van der Waals surface area contributed by atoms with Gasteiger partial charge in [0.25, 0.3) is 0 Å². The molecule has 20 heteroatoms. The van der Waals surface area contributed by atoms with Gasteiger partial charge in [0.15, 0.2) is 0 Å². The third-order valence-corrected chi connectivity index (χ3v) is 28.4. The lowest BCUT2D eigenvalue weighted by molar-refractivity contribution is 0.0841. The van der Waals surface area contributed by atoms with Crippen molar-refractivity contribution in [2.24, 2.45) is 22.7 Å². The van der Waals surface area contributed by atoms with Crippen molar-refractivity contribution in [2.75, 3.05) is 107 Å². The van der Waals surface area contributed by atoms with Crippen molar-refractivity contribution in [1.29, 1.82) is 0 Å². The first kappa shape index (κ1) is 121. The first-order valence-electron chi connectivity index (χ1n) is 27.3. The largest absolute Gasteiger partial charge is 0.506 e. The molecule has 0 rings (SSSR count). The molecule has 15 nitrogen and oxygen atoms in total. The summed E-state index contributed by atoms with van der Waals surface area (Å²) in [6.07, 6.45) is 17.8. The van der Waals surface area contributed by atoms with Crippen molar-refractivity contribution in [3.05, 3.63) is 0 Å². The van der Waals surface area contributed by atoms with Gasteiger partial charge in [-0.1, -0.05) is 235 Å². The number of hydrogen-bond acceptors (Lipinski definition) is 15. The van der Waals surface area contributed by atoms with E-state index < -0.39 is 44.0 Å². The molecule has 0 heterocycles. The second kappa shape index (κ2) is 66.9. The Hall–Kier alpha value is 0.484. The van der Waals surface area contributed by atoms with Crippen LogP contribution in [-0.4, -0.2) is 151 Å². The normalized spacial score (nSPS) is 12.1. The van der Waals surface area contributed by atoms with Gasteiger partial charge < -0.3 is 66.4 Å². The van der Waals surface area contributed by atoms with Crippen molar-refractivity contribution < 1.29 is 66.4 Å². The molecule has 0 aromatic heterocycles. The number of hydrogen-bond donors (Lipinski definition) is 0. The maximum Gasteiger partial charge on any atom is 0.506 e. The van der Waals surface area contributed by atoms with Crippen LogP contribution >= 0.6 is 0 Å². The van der Waals surface area contributed by atoms with Gasteiger partial charge in [-0.05, 0) is 54.8 Å². The van der Waals surface area contributed by atoms with Gasteiger partial charge >= 0.3 is 44.0 Å². The molecule has 0 bridgehead atoms. The minimum absolute atomic E-state index is 0. The predicted molar refractivity (Wildman–Crippen MR) is 383 cm³/mol. The molecule has 0 fully saturated rings. The van der Waals surface area contributed by atoms with Gasteiger partial charge in [-0.15, -0.1) is 0 Å². The van der Waals surface area contributed by atoms with Gasteiger partial charge in [0.1, 0.15) is 0 Å². The van der Waals surface area contributed by atoms with E-state index in [0.29, 0.717) is 16.9 Å². The summed E-state index contributed by atoms with van der Waals surface area (Å²) < 4.78 is 81.7. The van der Waals surface area contributed by atoms with Crippen LogP contribution in [0.3, 0.4) is 0 Å². The lowest BCUT2D eigenvalue weighted by atomic mass is 9.86. The Balaban J connectivity index is -0.0000000521. The highest BCUT2D eigenvalue weighted by Gasteiger charge is 2.55. The van der Waals surface area contributed by atoms with E-state index in [1.807, 2.05) is 0 Å². The molecule has 0 aliphatic heterocycles. The molecule has 83 heavy (non-hydrogen) atoms. The Kier molecular flexibility index (Phi) is 97.6. The zero-order valence-corrected chi connectivity index (χ0v) is 58.6. The molecule has 2 unspecified atom stereocenters. The number of unbranched alkanes of at least 4 members (excludes halogenated alkanes) is 3. The molecule has 0 saturated carbocycles. The second-order valence-electron chi connectivity index (χ2n) is 22.2. The Morgan fingerprint density at radius 3 is 0.940 bits per heavy atom. The molecule has 0 amide bonds. The lowest BCUT2D eigenvalue weighted by Crippen LogP contribution is -2.53. The van der Waals surface area contributed by atoms with Crippen molar-refractivity contribution in [2.45, 2.75) is 296 Å². The Bertz CT molecular complexity index is 1150. The molecular weight excluding hydrogens is 1140 g/mol. The average molecular weight is 1300 g/mol. The van der Waals surface area contributed by atoms with Crippen LogP contribution in [0.15, 0.2) is 0 Å². The van der Waals surface area contributed by atoms with E-state index in [4.69, 9.17) is 66.4 Å². The van der Waals surface area contributed by atoms with Crippen molar-refractivity contribution in [1.82, 2.24) is 0 Å². The third kappa shape index (κ3) is 52.9. The minimum Gasteiger partial charge on any atom is -0.377 e. The predicted octanol–water partition coefficient (Wildman–Crippen LogP) is 21.1. The summed E-state index contributed by atoms with van der Waals surface area (Å²) in [5, 5.41) is -0.0799. The Morgan fingerprint density at radius 2 is 0.675 bits per heavy atom. The topological polar surface area (TPSA) is 138 Å².